The number of carbonyl (C=O) groups excluding carboxylic acids is 1. The zero-order valence-corrected chi connectivity index (χ0v) is 13.5. The molecular formula is C18H21NOS. The van der Waals surface area contributed by atoms with Crippen LogP contribution in [0.3, 0.4) is 0 Å². The second kappa shape index (κ2) is 7.32. The highest BCUT2D eigenvalue weighted by molar-refractivity contribution is 8.00. The molecule has 0 aromatic heterocycles. The van der Waals surface area contributed by atoms with Gasteiger partial charge in [-0.25, -0.2) is 0 Å². The van der Waals surface area contributed by atoms with Crippen LogP contribution in [0.15, 0.2) is 53.4 Å². The van der Waals surface area contributed by atoms with E-state index >= 15 is 0 Å². The summed E-state index contributed by atoms with van der Waals surface area (Å²) in [6, 6.07) is 16.5. The Hall–Kier alpha value is -1.74. The first-order chi connectivity index (χ1) is 10.0. The minimum absolute atomic E-state index is 0.0386. The van der Waals surface area contributed by atoms with Crippen molar-refractivity contribution in [3.8, 4) is 0 Å². The standard InChI is InChI=1S/C18H21NOS/c1-13-4-8-16(9-5-13)15(3)19-18(20)12-21-17-10-6-14(2)7-11-17/h4-11,15H,12H2,1-3H3,(H,19,20)/t15-/m0/s1. The third-order valence-corrected chi connectivity index (χ3v) is 4.36. The average molecular weight is 299 g/mol. The molecule has 0 aliphatic rings. The first-order valence-corrected chi connectivity index (χ1v) is 8.08. The molecule has 0 heterocycles. The summed E-state index contributed by atoms with van der Waals surface area (Å²) in [5.74, 6) is 0.507. The molecule has 0 aliphatic heterocycles. The highest BCUT2D eigenvalue weighted by Crippen LogP contribution is 2.19. The lowest BCUT2D eigenvalue weighted by atomic mass is 10.1. The molecule has 1 amide bonds. The fourth-order valence-corrected chi connectivity index (χ4v) is 2.71. The molecule has 0 saturated heterocycles. The van der Waals surface area contributed by atoms with E-state index < -0.39 is 0 Å². The van der Waals surface area contributed by atoms with E-state index in [1.807, 2.05) is 6.92 Å². The smallest absolute Gasteiger partial charge is 0.230 e. The van der Waals surface area contributed by atoms with Gasteiger partial charge in [-0.3, -0.25) is 4.79 Å². The van der Waals surface area contributed by atoms with Crippen LogP contribution in [0.25, 0.3) is 0 Å². The largest absolute Gasteiger partial charge is 0.349 e. The van der Waals surface area contributed by atoms with Crippen molar-refractivity contribution in [3.05, 3.63) is 65.2 Å². The van der Waals surface area contributed by atoms with Crippen molar-refractivity contribution in [1.29, 1.82) is 0 Å². The lowest BCUT2D eigenvalue weighted by molar-refractivity contribution is -0.119. The molecule has 0 saturated carbocycles. The number of nitrogens with one attached hydrogen (secondary N) is 1. The van der Waals surface area contributed by atoms with Gasteiger partial charge in [0, 0.05) is 4.90 Å². The minimum atomic E-state index is 0.0386. The number of hydrogen-bond donors (Lipinski definition) is 1. The van der Waals surface area contributed by atoms with E-state index in [0.717, 1.165) is 10.5 Å². The molecule has 0 fully saturated rings. The Morgan fingerprint density at radius 1 is 1.00 bits per heavy atom. The second-order valence-corrected chi connectivity index (χ2v) is 6.35. The maximum atomic E-state index is 12.0. The molecule has 2 aromatic rings. The Kier molecular flexibility index (Phi) is 5.45. The van der Waals surface area contributed by atoms with Gasteiger partial charge in [-0.2, -0.15) is 0 Å². The molecule has 1 atom stereocenters. The van der Waals surface area contributed by atoms with E-state index in [4.69, 9.17) is 0 Å². The Labute approximate surface area is 131 Å². The number of carbonyl (C=O) groups is 1. The van der Waals surface area contributed by atoms with Crippen molar-refractivity contribution < 1.29 is 4.79 Å². The van der Waals surface area contributed by atoms with E-state index in [-0.39, 0.29) is 11.9 Å². The number of hydrogen-bond acceptors (Lipinski definition) is 2. The molecule has 0 aliphatic carbocycles. The predicted octanol–water partition coefficient (Wildman–Crippen LogP) is 4.27. The van der Waals surface area contributed by atoms with Crippen LogP contribution in [0.1, 0.15) is 29.7 Å². The van der Waals surface area contributed by atoms with Crippen molar-refractivity contribution in [1.82, 2.24) is 5.32 Å². The number of amides is 1. The van der Waals surface area contributed by atoms with Gasteiger partial charge in [0.2, 0.25) is 5.91 Å². The highest BCUT2D eigenvalue weighted by atomic mass is 32.2. The molecule has 3 heteroatoms. The zero-order valence-electron chi connectivity index (χ0n) is 12.7. The Balaban J connectivity index is 1.83. The topological polar surface area (TPSA) is 29.1 Å². The van der Waals surface area contributed by atoms with Crippen LogP contribution in [0.5, 0.6) is 0 Å². The predicted molar refractivity (Wildman–Crippen MR) is 89.6 cm³/mol. The molecular weight excluding hydrogens is 278 g/mol. The van der Waals surface area contributed by atoms with Gasteiger partial charge in [-0.05, 0) is 38.5 Å². The molecule has 0 unspecified atom stereocenters. The SMILES string of the molecule is Cc1ccc(SCC(=O)N[C@@H](C)c2ccc(C)cc2)cc1. The second-order valence-electron chi connectivity index (χ2n) is 5.30. The average Bonchev–Trinajstić information content (AvgIpc) is 2.47. The number of aryl methyl sites for hydroxylation is 2. The summed E-state index contributed by atoms with van der Waals surface area (Å²) in [6.07, 6.45) is 0. The van der Waals surface area contributed by atoms with Gasteiger partial charge >= 0.3 is 0 Å². The van der Waals surface area contributed by atoms with Gasteiger partial charge < -0.3 is 5.32 Å². The Morgan fingerprint density at radius 3 is 2.10 bits per heavy atom. The first-order valence-electron chi connectivity index (χ1n) is 7.10. The molecule has 110 valence electrons. The minimum Gasteiger partial charge on any atom is -0.349 e. The van der Waals surface area contributed by atoms with Crippen molar-refractivity contribution >= 4 is 17.7 Å². The van der Waals surface area contributed by atoms with Crippen molar-refractivity contribution in [2.24, 2.45) is 0 Å². The molecule has 0 radical (unpaired) electrons. The molecule has 0 bridgehead atoms. The number of thioether (sulfide) groups is 1. The van der Waals surface area contributed by atoms with Crippen LogP contribution in [0.2, 0.25) is 0 Å². The van der Waals surface area contributed by atoms with E-state index in [2.05, 4.69) is 67.7 Å². The van der Waals surface area contributed by atoms with Gasteiger partial charge in [-0.15, -0.1) is 11.8 Å². The fourth-order valence-electron chi connectivity index (χ4n) is 2.00. The monoisotopic (exact) mass is 299 g/mol. The highest BCUT2D eigenvalue weighted by Gasteiger charge is 2.09. The van der Waals surface area contributed by atoms with Crippen LogP contribution in [-0.2, 0) is 4.79 Å². The summed E-state index contributed by atoms with van der Waals surface area (Å²) in [5.41, 5.74) is 3.60. The Morgan fingerprint density at radius 2 is 1.52 bits per heavy atom. The summed E-state index contributed by atoms with van der Waals surface area (Å²) in [5, 5.41) is 3.04. The van der Waals surface area contributed by atoms with E-state index in [1.54, 1.807) is 11.8 Å². The molecule has 1 N–H and O–H groups in total. The molecule has 0 spiro atoms. The number of benzene rings is 2. The maximum absolute atomic E-state index is 12.0. The van der Waals surface area contributed by atoms with Gasteiger partial charge in [0.05, 0.1) is 11.8 Å². The third-order valence-electron chi connectivity index (χ3n) is 3.35. The van der Waals surface area contributed by atoms with Crippen LogP contribution in [0.4, 0.5) is 0 Å². The lowest BCUT2D eigenvalue weighted by Gasteiger charge is -2.14. The Bertz CT molecular complexity index is 590. The first kappa shape index (κ1) is 15.6. The van der Waals surface area contributed by atoms with E-state index in [0.29, 0.717) is 5.75 Å². The van der Waals surface area contributed by atoms with Crippen molar-refractivity contribution in [3.63, 3.8) is 0 Å². The van der Waals surface area contributed by atoms with Crippen LogP contribution >= 0.6 is 11.8 Å². The zero-order chi connectivity index (χ0) is 15.2. The normalized spacial score (nSPS) is 12.0. The van der Waals surface area contributed by atoms with E-state index in [9.17, 15) is 4.79 Å². The number of rotatable bonds is 5. The van der Waals surface area contributed by atoms with Gasteiger partial charge in [-0.1, -0.05) is 47.5 Å². The quantitative estimate of drug-likeness (QED) is 0.835. The summed E-state index contributed by atoms with van der Waals surface area (Å²) in [7, 11) is 0. The van der Waals surface area contributed by atoms with Crippen molar-refractivity contribution in [2.45, 2.75) is 31.7 Å². The van der Waals surface area contributed by atoms with Crippen molar-refractivity contribution in [2.75, 3.05) is 5.75 Å². The van der Waals surface area contributed by atoms with Gasteiger partial charge in [0.1, 0.15) is 0 Å². The van der Waals surface area contributed by atoms with Crippen LogP contribution in [0, 0.1) is 13.8 Å². The van der Waals surface area contributed by atoms with Gasteiger partial charge in [0.15, 0.2) is 0 Å². The lowest BCUT2D eigenvalue weighted by Crippen LogP contribution is -2.28. The molecule has 2 nitrogen and oxygen atoms in total. The summed E-state index contributed by atoms with van der Waals surface area (Å²) >= 11 is 1.56. The van der Waals surface area contributed by atoms with Crippen LogP contribution in [-0.4, -0.2) is 11.7 Å². The summed E-state index contributed by atoms with van der Waals surface area (Å²) < 4.78 is 0. The molecule has 2 rings (SSSR count). The maximum Gasteiger partial charge on any atom is 0.230 e. The third kappa shape index (κ3) is 4.94. The van der Waals surface area contributed by atoms with Crippen LogP contribution < -0.4 is 5.32 Å². The molecule has 2 aromatic carbocycles. The van der Waals surface area contributed by atoms with E-state index in [1.165, 1.54) is 11.1 Å². The summed E-state index contributed by atoms with van der Waals surface area (Å²) in [6.45, 7) is 6.13. The molecule has 21 heavy (non-hydrogen) atoms. The van der Waals surface area contributed by atoms with Gasteiger partial charge in [0.25, 0.3) is 0 Å². The fraction of sp³-hybridized carbons (Fsp3) is 0.278. The summed E-state index contributed by atoms with van der Waals surface area (Å²) in [4.78, 5) is 13.1.